The predicted octanol–water partition coefficient (Wildman–Crippen LogP) is 3.85. The van der Waals surface area contributed by atoms with Crippen LogP contribution in [-0.2, 0) is 21.2 Å². The van der Waals surface area contributed by atoms with E-state index < -0.39 is 22.0 Å². The number of nitrogens with zero attached hydrogens (tertiary/aromatic N) is 1. The topological polar surface area (TPSA) is 84.9 Å². The molecule has 1 atom stereocenters. The van der Waals surface area contributed by atoms with Gasteiger partial charge < -0.3 is 14.8 Å². The van der Waals surface area contributed by atoms with Crippen molar-refractivity contribution in [2.24, 2.45) is 0 Å². The number of aryl methyl sites for hydroxylation is 1. The van der Waals surface area contributed by atoms with Crippen LogP contribution in [0.5, 0.6) is 11.5 Å². The highest BCUT2D eigenvalue weighted by atomic mass is 32.2. The Morgan fingerprint density at radius 2 is 1.75 bits per heavy atom. The summed E-state index contributed by atoms with van der Waals surface area (Å²) in [4.78, 5) is 13.1. The summed E-state index contributed by atoms with van der Waals surface area (Å²) in [6, 6.07) is 20.4. The Bertz CT molecular complexity index is 1210. The monoisotopic (exact) mass is 452 g/mol. The lowest BCUT2D eigenvalue weighted by Gasteiger charge is -2.34. The maximum atomic E-state index is 13.4. The lowest BCUT2D eigenvalue weighted by atomic mass is 10.1. The van der Waals surface area contributed by atoms with Crippen molar-refractivity contribution in [2.75, 3.05) is 23.3 Å². The number of nitrogens with one attached hydrogen (secondary N) is 1. The van der Waals surface area contributed by atoms with Crippen LogP contribution in [0.2, 0.25) is 0 Å². The van der Waals surface area contributed by atoms with E-state index in [2.05, 4.69) is 12.2 Å². The predicted molar refractivity (Wildman–Crippen MR) is 123 cm³/mol. The van der Waals surface area contributed by atoms with Gasteiger partial charge in [0.05, 0.1) is 24.2 Å². The number of sulfonamides is 1. The number of para-hydroxylation sites is 2. The molecule has 1 aliphatic rings. The van der Waals surface area contributed by atoms with Crippen molar-refractivity contribution in [3.63, 3.8) is 0 Å². The third-order valence-electron chi connectivity index (χ3n) is 5.30. The van der Waals surface area contributed by atoms with Gasteiger partial charge in [0.25, 0.3) is 15.9 Å². The molecule has 1 amide bonds. The van der Waals surface area contributed by atoms with Gasteiger partial charge in [-0.25, -0.2) is 8.42 Å². The van der Waals surface area contributed by atoms with Crippen LogP contribution >= 0.6 is 0 Å². The number of fused-ring (bicyclic) bond motifs is 1. The summed E-state index contributed by atoms with van der Waals surface area (Å²) in [5.74, 6) is 0.466. The average molecular weight is 453 g/mol. The van der Waals surface area contributed by atoms with Gasteiger partial charge in [0.15, 0.2) is 6.10 Å². The van der Waals surface area contributed by atoms with E-state index in [1.165, 1.54) is 23.5 Å². The summed E-state index contributed by atoms with van der Waals surface area (Å²) in [6.45, 7) is 1.91. The average Bonchev–Trinajstić information content (AvgIpc) is 2.83. The van der Waals surface area contributed by atoms with E-state index in [-0.39, 0.29) is 11.4 Å². The number of carbonyl (C=O) groups excluding carboxylic acids is 1. The van der Waals surface area contributed by atoms with E-state index in [9.17, 15) is 13.2 Å². The number of benzene rings is 3. The first-order valence-corrected chi connectivity index (χ1v) is 11.7. The second kappa shape index (κ2) is 8.92. The normalized spacial score (nSPS) is 15.4. The summed E-state index contributed by atoms with van der Waals surface area (Å²) in [6.07, 6.45) is -0.113. The number of rotatable bonds is 6. The van der Waals surface area contributed by atoms with E-state index in [4.69, 9.17) is 9.47 Å². The molecule has 0 unspecified atom stereocenters. The molecule has 0 radical (unpaired) electrons. The molecular weight excluding hydrogens is 428 g/mol. The Hall–Kier alpha value is -3.52. The van der Waals surface area contributed by atoms with Gasteiger partial charge >= 0.3 is 0 Å². The maximum Gasteiger partial charge on any atom is 0.267 e. The number of hydrogen-bond acceptors (Lipinski definition) is 5. The summed E-state index contributed by atoms with van der Waals surface area (Å²) >= 11 is 0. The van der Waals surface area contributed by atoms with E-state index in [1.54, 1.807) is 36.4 Å². The minimum atomic E-state index is -3.93. The zero-order valence-corrected chi connectivity index (χ0v) is 18.6. The molecule has 1 aliphatic heterocycles. The molecule has 166 valence electrons. The first-order valence-electron chi connectivity index (χ1n) is 10.2. The molecule has 8 heteroatoms. The molecule has 1 N–H and O–H groups in total. The molecule has 32 heavy (non-hydrogen) atoms. The zero-order valence-electron chi connectivity index (χ0n) is 17.8. The third-order valence-corrected chi connectivity index (χ3v) is 7.10. The van der Waals surface area contributed by atoms with Crippen molar-refractivity contribution in [1.29, 1.82) is 0 Å². The van der Waals surface area contributed by atoms with Crippen molar-refractivity contribution in [3.8, 4) is 11.5 Å². The molecule has 0 saturated heterocycles. The van der Waals surface area contributed by atoms with Crippen molar-refractivity contribution < 1.29 is 22.7 Å². The van der Waals surface area contributed by atoms with Gasteiger partial charge in [-0.3, -0.25) is 9.10 Å². The number of carbonyl (C=O) groups is 1. The quantitative estimate of drug-likeness (QED) is 0.614. The smallest absolute Gasteiger partial charge is 0.267 e. The molecular formula is C24H24N2O5S. The molecule has 0 spiro atoms. The highest BCUT2D eigenvalue weighted by Crippen LogP contribution is 2.37. The van der Waals surface area contributed by atoms with Crippen LogP contribution in [-0.4, -0.2) is 34.1 Å². The molecule has 4 rings (SSSR count). The van der Waals surface area contributed by atoms with Crippen molar-refractivity contribution in [1.82, 2.24) is 0 Å². The van der Waals surface area contributed by atoms with Crippen LogP contribution in [0.4, 0.5) is 11.4 Å². The Morgan fingerprint density at radius 1 is 1.06 bits per heavy atom. The van der Waals surface area contributed by atoms with Gasteiger partial charge in [-0.15, -0.1) is 0 Å². The molecule has 7 nitrogen and oxygen atoms in total. The first kappa shape index (κ1) is 21.7. The van der Waals surface area contributed by atoms with Crippen LogP contribution in [0, 0.1) is 0 Å². The van der Waals surface area contributed by atoms with E-state index in [0.717, 1.165) is 12.0 Å². The van der Waals surface area contributed by atoms with Gasteiger partial charge in [0, 0.05) is 5.69 Å². The van der Waals surface area contributed by atoms with Crippen LogP contribution in [0.15, 0.2) is 77.7 Å². The molecule has 3 aromatic rings. The van der Waals surface area contributed by atoms with Crippen LogP contribution < -0.4 is 19.1 Å². The highest BCUT2D eigenvalue weighted by Gasteiger charge is 2.37. The summed E-state index contributed by atoms with van der Waals surface area (Å²) in [5.41, 5.74) is 2.17. The fraction of sp³-hybridized carbons (Fsp3) is 0.208. The van der Waals surface area contributed by atoms with E-state index >= 15 is 0 Å². The minimum Gasteiger partial charge on any atom is -0.497 e. The molecule has 0 fully saturated rings. The van der Waals surface area contributed by atoms with Crippen LogP contribution in [0.1, 0.15) is 12.5 Å². The number of hydrogen-bond donors (Lipinski definition) is 1. The number of methoxy groups -OCH3 is 1. The second-order valence-electron chi connectivity index (χ2n) is 7.33. The SMILES string of the molecule is CCc1ccc(NC(=O)[C@H]2CN(S(=O)(=O)c3ccc(OC)cc3)c3ccccc3O2)cc1. The number of amides is 1. The largest absolute Gasteiger partial charge is 0.497 e. The van der Waals surface area contributed by atoms with Crippen LogP contribution in [0.25, 0.3) is 0 Å². The Labute approximate surface area is 187 Å². The summed E-state index contributed by atoms with van der Waals surface area (Å²) in [7, 11) is -2.42. The standard InChI is InChI=1S/C24H24N2O5S/c1-3-17-8-10-18(11-9-17)25-24(27)23-16-26(21-6-4-5-7-22(21)31-23)32(28,29)20-14-12-19(30-2)13-15-20/h4-15,23H,3,16H2,1-2H3,(H,25,27)/t23-/m1/s1. The zero-order chi connectivity index (χ0) is 22.7. The lowest BCUT2D eigenvalue weighted by molar-refractivity contribution is -0.122. The summed E-state index contributed by atoms with van der Waals surface area (Å²) in [5, 5.41) is 2.82. The molecule has 3 aromatic carbocycles. The van der Waals surface area contributed by atoms with Gasteiger partial charge in [0.2, 0.25) is 0 Å². The van der Waals surface area contributed by atoms with Gasteiger partial charge in [-0.2, -0.15) is 0 Å². The van der Waals surface area contributed by atoms with Crippen molar-refractivity contribution in [3.05, 3.63) is 78.4 Å². The number of ether oxygens (including phenoxy) is 2. The first-order chi connectivity index (χ1) is 15.4. The van der Waals surface area contributed by atoms with Crippen LogP contribution in [0.3, 0.4) is 0 Å². The Morgan fingerprint density at radius 3 is 2.41 bits per heavy atom. The highest BCUT2D eigenvalue weighted by molar-refractivity contribution is 7.92. The minimum absolute atomic E-state index is 0.101. The molecule has 0 aromatic heterocycles. The molecule has 0 saturated carbocycles. The molecule has 1 heterocycles. The Balaban J connectivity index is 1.62. The number of anilines is 2. The maximum absolute atomic E-state index is 13.4. The Kier molecular flexibility index (Phi) is 6.05. The fourth-order valence-corrected chi connectivity index (χ4v) is 4.96. The van der Waals surface area contributed by atoms with E-state index in [1.807, 2.05) is 24.3 Å². The third kappa shape index (κ3) is 4.27. The molecule has 0 aliphatic carbocycles. The van der Waals surface area contributed by atoms with Gasteiger partial charge in [-0.05, 0) is 60.5 Å². The molecule has 0 bridgehead atoms. The van der Waals surface area contributed by atoms with E-state index in [0.29, 0.717) is 22.9 Å². The van der Waals surface area contributed by atoms with Gasteiger partial charge in [0.1, 0.15) is 11.5 Å². The van der Waals surface area contributed by atoms with Crippen molar-refractivity contribution in [2.45, 2.75) is 24.3 Å². The summed E-state index contributed by atoms with van der Waals surface area (Å²) < 4.78 is 39.1. The van der Waals surface area contributed by atoms with Gasteiger partial charge in [-0.1, -0.05) is 31.2 Å². The van der Waals surface area contributed by atoms with Crippen molar-refractivity contribution >= 4 is 27.3 Å². The lowest BCUT2D eigenvalue weighted by Crippen LogP contribution is -2.48. The fourth-order valence-electron chi connectivity index (χ4n) is 3.49. The second-order valence-corrected chi connectivity index (χ2v) is 9.19.